The van der Waals surface area contributed by atoms with Crippen molar-refractivity contribution in [3.63, 3.8) is 0 Å². The van der Waals surface area contributed by atoms with Gasteiger partial charge in [0, 0.05) is 11.6 Å². The molecule has 3 aromatic rings. The molecule has 0 unspecified atom stereocenters. The summed E-state index contributed by atoms with van der Waals surface area (Å²) in [5, 5.41) is 11.2. The first-order valence-electron chi connectivity index (χ1n) is 7.74. The molecular formula is C19H12ClNO6. The van der Waals surface area contributed by atoms with Crippen LogP contribution >= 0.6 is 11.6 Å². The van der Waals surface area contributed by atoms with Crippen molar-refractivity contribution in [3.05, 3.63) is 86.6 Å². The molecule has 7 nitrogen and oxygen atoms in total. The van der Waals surface area contributed by atoms with Crippen LogP contribution in [0.2, 0.25) is 5.02 Å². The second-order valence-corrected chi connectivity index (χ2v) is 5.88. The maximum atomic E-state index is 12.4. The standard InChI is InChI=1S/C19H12ClNO6/c20-16-7-5-12(18-8-6-14(10-22)27-18)9-15(16)19(23)26-11-13-3-1-2-4-17(13)21(24)25/h1-10H,11H2. The lowest BCUT2D eigenvalue weighted by atomic mass is 10.1. The Balaban J connectivity index is 1.81. The van der Waals surface area contributed by atoms with Crippen LogP contribution in [0.5, 0.6) is 0 Å². The van der Waals surface area contributed by atoms with Gasteiger partial charge in [0.15, 0.2) is 12.0 Å². The third-order valence-corrected chi connectivity index (χ3v) is 4.09. The predicted molar refractivity (Wildman–Crippen MR) is 96.8 cm³/mol. The number of nitro groups is 1. The van der Waals surface area contributed by atoms with E-state index in [1.165, 1.54) is 36.4 Å². The van der Waals surface area contributed by atoms with Crippen LogP contribution in [0.4, 0.5) is 5.69 Å². The average Bonchev–Trinajstić information content (AvgIpc) is 3.16. The number of esters is 1. The molecule has 27 heavy (non-hydrogen) atoms. The summed E-state index contributed by atoms with van der Waals surface area (Å²) < 4.78 is 10.5. The predicted octanol–water partition coefficient (Wildman–Crippen LogP) is 4.68. The minimum atomic E-state index is -0.734. The number of furan rings is 1. The fraction of sp³-hybridized carbons (Fsp3) is 0.0526. The molecule has 0 aliphatic rings. The third-order valence-electron chi connectivity index (χ3n) is 3.76. The van der Waals surface area contributed by atoms with Crippen LogP contribution < -0.4 is 0 Å². The Labute approximate surface area is 158 Å². The van der Waals surface area contributed by atoms with E-state index in [-0.39, 0.29) is 34.2 Å². The normalized spacial score (nSPS) is 10.4. The molecule has 0 radical (unpaired) electrons. The number of aldehydes is 1. The Morgan fingerprint density at radius 3 is 2.67 bits per heavy atom. The van der Waals surface area contributed by atoms with Gasteiger partial charge < -0.3 is 9.15 Å². The topological polar surface area (TPSA) is 99.7 Å². The van der Waals surface area contributed by atoms with Crippen molar-refractivity contribution >= 4 is 29.5 Å². The molecule has 0 aliphatic carbocycles. The number of halogens is 1. The number of benzene rings is 2. The van der Waals surface area contributed by atoms with E-state index in [1.54, 1.807) is 18.2 Å². The lowest BCUT2D eigenvalue weighted by Gasteiger charge is -2.08. The van der Waals surface area contributed by atoms with Gasteiger partial charge in [0.05, 0.1) is 21.1 Å². The monoisotopic (exact) mass is 385 g/mol. The number of nitrogens with zero attached hydrogens (tertiary/aromatic N) is 1. The number of rotatable bonds is 6. The molecule has 0 aliphatic heterocycles. The molecule has 0 spiro atoms. The van der Waals surface area contributed by atoms with Crippen LogP contribution in [0.25, 0.3) is 11.3 Å². The van der Waals surface area contributed by atoms with Gasteiger partial charge in [-0.3, -0.25) is 14.9 Å². The largest absolute Gasteiger partial charge is 0.457 e. The van der Waals surface area contributed by atoms with Gasteiger partial charge in [-0.1, -0.05) is 23.7 Å². The van der Waals surface area contributed by atoms with E-state index in [2.05, 4.69) is 0 Å². The highest BCUT2D eigenvalue weighted by molar-refractivity contribution is 6.33. The highest BCUT2D eigenvalue weighted by atomic mass is 35.5. The molecule has 0 saturated heterocycles. The molecular weight excluding hydrogens is 374 g/mol. The number of hydrogen-bond acceptors (Lipinski definition) is 6. The van der Waals surface area contributed by atoms with Crippen LogP contribution in [-0.4, -0.2) is 17.2 Å². The van der Waals surface area contributed by atoms with Gasteiger partial charge in [-0.05, 0) is 36.4 Å². The molecule has 0 saturated carbocycles. The fourth-order valence-electron chi connectivity index (χ4n) is 2.44. The van der Waals surface area contributed by atoms with Crippen molar-refractivity contribution < 1.29 is 23.7 Å². The Kier molecular flexibility index (Phi) is 5.33. The van der Waals surface area contributed by atoms with Crippen LogP contribution in [0.15, 0.2) is 59.0 Å². The molecule has 136 valence electrons. The molecule has 2 aromatic carbocycles. The number of carbonyl (C=O) groups excluding carboxylic acids is 2. The number of para-hydroxylation sites is 1. The SMILES string of the molecule is O=Cc1ccc(-c2ccc(Cl)c(C(=O)OCc3ccccc3[N+](=O)[O-])c2)o1. The van der Waals surface area contributed by atoms with Crippen molar-refractivity contribution in [3.8, 4) is 11.3 Å². The van der Waals surface area contributed by atoms with Crippen LogP contribution in [-0.2, 0) is 11.3 Å². The highest BCUT2D eigenvalue weighted by Gasteiger charge is 2.18. The molecule has 0 atom stereocenters. The lowest BCUT2D eigenvalue weighted by Crippen LogP contribution is -2.07. The number of hydrogen-bond donors (Lipinski definition) is 0. The minimum Gasteiger partial charge on any atom is -0.457 e. The Hall–Kier alpha value is -3.45. The van der Waals surface area contributed by atoms with Gasteiger partial charge in [-0.25, -0.2) is 4.79 Å². The zero-order chi connectivity index (χ0) is 19.4. The van der Waals surface area contributed by atoms with Gasteiger partial charge in [0.1, 0.15) is 12.4 Å². The minimum absolute atomic E-state index is 0.0804. The molecule has 1 aromatic heterocycles. The van der Waals surface area contributed by atoms with Crippen LogP contribution in [0, 0.1) is 10.1 Å². The van der Waals surface area contributed by atoms with E-state index in [9.17, 15) is 19.7 Å². The summed E-state index contributed by atoms with van der Waals surface area (Å²) in [5.74, 6) is -0.191. The van der Waals surface area contributed by atoms with Gasteiger partial charge in [0.25, 0.3) is 5.69 Å². The Morgan fingerprint density at radius 2 is 1.96 bits per heavy atom. The summed E-state index contributed by atoms with van der Waals surface area (Å²) in [6.45, 7) is -0.271. The molecule has 0 N–H and O–H groups in total. The zero-order valence-electron chi connectivity index (χ0n) is 13.8. The summed E-state index contributed by atoms with van der Waals surface area (Å²) in [4.78, 5) is 33.6. The van der Waals surface area contributed by atoms with E-state index in [4.69, 9.17) is 20.8 Å². The second kappa shape index (κ2) is 7.84. The molecule has 0 bridgehead atoms. The average molecular weight is 386 g/mol. The summed E-state index contributed by atoms with van der Waals surface area (Å²) >= 11 is 6.08. The van der Waals surface area contributed by atoms with E-state index in [0.29, 0.717) is 17.6 Å². The van der Waals surface area contributed by atoms with Crippen molar-refractivity contribution in [1.82, 2.24) is 0 Å². The lowest BCUT2D eigenvalue weighted by molar-refractivity contribution is -0.385. The first-order chi connectivity index (χ1) is 13.0. The molecule has 8 heteroatoms. The van der Waals surface area contributed by atoms with Crippen molar-refractivity contribution in [2.75, 3.05) is 0 Å². The van der Waals surface area contributed by atoms with Crippen molar-refractivity contribution in [2.24, 2.45) is 0 Å². The van der Waals surface area contributed by atoms with E-state index >= 15 is 0 Å². The Morgan fingerprint density at radius 1 is 1.19 bits per heavy atom. The smallest absolute Gasteiger partial charge is 0.340 e. The zero-order valence-corrected chi connectivity index (χ0v) is 14.5. The van der Waals surface area contributed by atoms with Crippen LogP contribution in [0.3, 0.4) is 0 Å². The van der Waals surface area contributed by atoms with E-state index < -0.39 is 10.9 Å². The van der Waals surface area contributed by atoms with Gasteiger partial charge >= 0.3 is 5.97 Å². The number of ether oxygens (including phenoxy) is 1. The number of nitro benzene ring substituents is 1. The van der Waals surface area contributed by atoms with Gasteiger partial charge in [0.2, 0.25) is 0 Å². The maximum Gasteiger partial charge on any atom is 0.340 e. The van der Waals surface area contributed by atoms with Crippen molar-refractivity contribution in [2.45, 2.75) is 6.61 Å². The fourth-order valence-corrected chi connectivity index (χ4v) is 2.63. The van der Waals surface area contributed by atoms with Gasteiger partial charge in [-0.15, -0.1) is 0 Å². The molecule has 0 amide bonds. The summed E-state index contributed by atoms with van der Waals surface area (Å²) in [6.07, 6.45) is 0.571. The molecule has 0 fully saturated rings. The van der Waals surface area contributed by atoms with E-state index in [0.717, 1.165) is 0 Å². The highest BCUT2D eigenvalue weighted by Crippen LogP contribution is 2.27. The van der Waals surface area contributed by atoms with Crippen LogP contribution in [0.1, 0.15) is 26.5 Å². The summed E-state index contributed by atoms with van der Waals surface area (Å²) in [5.41, 5.74) is 0.744. The first-order valence-corrected chi connectivity index (χ1v) is 8.11. The summed E-state index contributed by atoms with van der Waals surface area (Å²) in [7, 11) is 0. The number of carbonyl (C=O) groups is 2. The Bertz CT molecular complexity index is 1030. The third kappa shape index (κ3) is 4.04. The van der Waals surface area contributed by atoms with Gasteiger partial charge in [-0.2, -0.15) is 0 Å². The summed E-state index contributed by atoms with van der Waals surface area (Å²) in [6, 6.07) is 13.7. The quantitative estimate of drug-likeness (QED) is 0.264. The van der Waals surface area contributed by atoms with Crippen molar-refractivity contribution in [1.29, 1.82) is 0 Å². The molecule has 3 rings (SSSR count). The second-order valence-electron chi connectivity index (χ2n) is 5.48. The first kappa shape index (κ1) is 18.3. The van der Waals surface area contributed by atoms with E-state index in [1.807, 2.05) is 0 Å². The molecule has 1 heterocycles. The maximum absolute atomic E-state index is 12.4.